The van der Waals surface area contributed by atoms with Crippen molar-refractivity contribution in [3.63, 3.8) is 0 Å². The Morgan fingerprint density at radius 3 is 2.88 bits per heavy atom. The van der Waals surface area contributed by atoms with Crippen LogP contribution in [0.5, 0.6) is 0 Å². The van der Waals surface area contributed by atoms with E-state index in [-0.39, 0.29) is 23.1 Å². The molecule has 134 valence electrons. The van der Waals surface area contributed by atoms with Crippen molar-refractivity contribution < 1.29 is 27.8 Å². The Kier molecular flexibility index (Phi) is 6.55. The van der Waals surface area contributed by atoms with Crippen molar-refractivity contribution in [2.24, 2.45) is 0 Å². The minimum atomic E-state index is -3.87. The zero-order chi connectivity index (χ0) is 17.6. The van der Waals surface area contributed by atoms with Crippen LogP contribution in [-0.2, 0) is 19.5 Å². The monoisotopic (exact) mass is 358 g/mol. The maximum absolute atomic E-state index is 12.6. The molecule has 1 fully saturated rings. The van der Waals surface area contributed by atoms with Crippen molar-refractivity contribution in [3.8, 4) is 0 Å². The van der Waals surface area contributed by atoms with E-state index in [2.05, 4.69) is 10.0 Å². The molecule has 9 heteroatoms. The van der Waals surface area contributed by atoms with Gasteiger partial charge in [0.25, 0.3) is 0 Å². The minimum absolute atomic E-state index is 0.0928. The molecule has 1 heterocycles. The number of carbonyl (C=O) groups is 1. The molecule has 0 radical (unpaired) electrons. The number of anilines is 1. The molecular weight excluding hydrogens is 336 g/mol. The minimum Gasteiger partial charge on any atom is -0.478 e. The second-order valence-corrected chi connectivity index (χ2v) is 7.16. The topological polar surface area (TPSA) is 114 Å². The molecular formula is C15H22N2O6S. The van der Waals surface area contributed by atoms with Gasteiger partial charge in [0.15, 0.2) is 0 Å². The fourth-order valence-corrected chi connectivity index (χ4v) is 3.67. The van der Waals surface area contributed by atoms with Gasteiger partial charge in [0.1, 0.15) is 4.90 Å². The lowest BCUT2D eigenvalue weighted by atomic mass is 10.2. The van der Waals surface area contributed by atoms with Crippen molar-refractivity contribution in [1.82, 2.24) is 4.72 Å². The van der Waals surface area contributed by atoms with Crippen LogP contribution < -0.4 is 10.0 Å². The highest BCUT2D eigenvalue weighted by Gasteiger charge is 2.23. The van der Waals surface area contributed by atoms with E-state index in [1.54, 1.807) is 0 Å². The molecule has 1 aromatic rings. The number of ether oxygens (including phenoxy) is 2. The highest BCUT2D eigenvalue weighted by molar-refractivity contribution is 7.89. The lowest BCUT2D eigenvalue weighted by molar-refractivity contribution is 0.0696. The van der Waals surface area contributed by atoms with Crippen LogP contribution in [0.3, 0.4) is 0 Å². The van der Waals surface area contributed by atoms with Crippen molar-refractivity contribution in [2.75, 3.05) is 38.7 Å². The average molecular weight is 358 g/mol. The van der Waals surface area contributed by atoms with Gasteiger partial charge in [-0.3, -0.25) is 0 Å². The van der Waals surface area contributed by atoms with Gasteiger partial charge in [-0.1, -0.05) is 0 Å². The summed E-state index contributed by atoms with van der Waals surface area (Å²) in [5, 5.41) is 12.1. The fraction of sp³-hybridized carbons (Fsp3) is 0.533. The zero-order valence-corrected chi connectivity index (χ0v) is 14.3. The molecule has 0 spiro atoms. The van der Waals surface area contributed by atoms with Crippen LogP contribution in [0.2, 0.25) is 0 Å². The van der Waals surface area contributed by atoms with E-state index in [1.807, 2.05) is 0 Å². The molecule has 0 saturated carbocycles. The summed E-state index contributed by atoms with van der Waals surface area (Å²) in [6.45, 7) is 1.59. The van der Waals surface area contributed by atoms with Crippen LogP contribution in [0.4, 0.5) is 5.69 Å². The van der Waals surface area contributed by atoms with Crippen LogP contribution in [0.1, 0.15) is 23.2 Å². The number of nitrogens with one attached hydrogen (secondary N) is 2. The summed E-state index contributed by atoms with van der Waals surface area (Å²) in [4.78, 5) is 11.0. The second kappa shape index (κ2) is 8.43. The standard InChI is InChI=1S/C15H22N2O6S/c1-22-8-6-16-13-5-4-11(15(18)19)9-14(13)24(20,21)17-10-12-3-2-7-23-12/h4-5,9,12,16-17H,2-3,6-8,10H2,1H3,(H,18,19). The summed E-state index contributed by atoms with van der Waals surface area (Å²) in [5.41, 5.74) is 0.238. The summed E-state index contributed by atoms with van der Waals surface area (Å²) in [7, 11) is -2.33. The molecule has 1 aliphatic rings. The molecule has 1 unspecified atom stereocenters. The normalized spacial score (nSPS) is 17.8. The van der Waals surface area contributed by atoms with Gasteiger partial charge in [0.05, 0.1) is 24.0 Å². The Balaban J connectivity index is 2.21. The van der Waals surface area contributed by atoms with Gasteiger partial charge < -0.3 is 19.9 Å². The largest absolute Gasteiger partial charge is 0.478 e. The molecule has 0 aromatic heterocycles. The highest BCUT2D eigenvalue weighted by atomic mass is 32.2. The second-order valence-electron chi connectivity index (χ2n) is 5.42. The van der Waals surface area contributed by atoms with Gasteiger partial charge >= 0.3 is 5.97 Å². The number of methoxy groups -OCH3 is 1. The maximum atomic E-state index is 12.6. The summed E-state index contributed by atoms with van der Waals surface area (Å²) in [6, 6.07) is 3.95. The van der Waals surface area contributed by atoms with Crippen molar-refractivity contribution >= 4 is 21.7 Å². The van der Waals surface area contributed by atoms with Crippen LogP contribution in [0.25, 0.3) is 0 Å². The summed E-state index contributed by atoms with van der Waals surface area (Å²) in [5.74, 6) is -1.19. The van der Waals surface area contributed by atoms with Gasteiger partial charge in [-0.05, 0) is 31.0 Å². The van der Waals surface area contributed by atoms with E-state index in [9.17, 15) is 13.2 Å². The molecule has 1 aromatic carbocycles. The molecule has 1 aliphatic heterocycles. The number of benzene rings is 1. The Bertz CT molecular complexity index is 671. The SMILES string of the molecule is COCCNc1ccc(C(=O)O)cc1S(=O)(=O)NCC1CCCO1. The van der Waals surface area contributed by atoms with E-state index in [0.717, 1.165) is 18.9 Å². The van der Waals surface area contributed by atoms with Crippen molar-refractivity contribution in [3.05, 3.63) is 23.8 Å². The molecule has 8 nitrogen and oxygen atoms in total. The number of carboxylic acids is 1. The number of sulfonamides is 1. The molecule has 1 saturated heterocycles. The fourth-order valence-electron chi connectivity index (χ4n) is 2.40. The van der Waals surface area contributed by atoms with Gasteiger partial charge in [-0.2, -0.15) is 0 Å². The van der Waals surface area contributed by atoms with Crippen LogP contribution in [0.15, 0.2) is 23.1 Å². The number of hydrogen-bond acceptors (Lipinski definition) is 6. The molecule has 0 aliphatic carbocycles. The van der Waals surface area contributed by atoms with Gasteiger partial charge in [0, 0.05) is 26.8 Å². The lowest BCUT2D eigenvalue weighted by Crippen LogP contribution is -2.32. The Hall–Kier alpha value is -1.68. The van der Waals surface area contributed by atoms with Crippen LogP contribution in [0, 0.1) is 0 Å². The van der Waals surface area contributed by atoms with E-state index < -0.39 is 16.0 Å². The molecule has 2 rings (SSSR count). The third kappa shape index (κ3) is 4.91. The first-order valence-corrected chi connectivity index (χ1v) is 9.14. The first-order valence-electron chi connectivity index (χ1n) is 7.65. The highest BCUT2D eigenvalue weighted by Crippen LogP contribution is 2.23. The predicted octanol–water partition coefficient (Wildman–Crippen LogP) is 0.900. The third-order valence-electron chi connectivity index (χ3n) is 3.66. The van der Waals surface area contributed by atoms with Gasteiger partial charge in [0.2, 0.25) is 10.0 Å². The first kappa shape index (κ1) is 18.7. The van der Waals surface area contributed by atoms with Crippen molar-refractivity contribution in [2.45, 2.75) is 23.8 Å². The molecule has 3 N–H and O–H groups in total. The predicted molar refractivity (Wildman–Crippen MR) is 87.9 cm³/mol. The average Bonchev–Trinajstić information content (AvgIpc) is 3.07. The van der Waals surface area contributed by atoms with Crippen molar-refractivity contribution in [1.29, 1.82) is 0 Å². The third-order valence-corrected chi connectivity index (χ3v) is 5.13. The Morgan fingerprint density at radius 1 is 1.46 bits per heavy atom. The molecule has 1 atom stereocenters. The van der Waals surface area contributed by atoms with Crippen LogP contribution >= 0.6 is 0 Å². The summed E-state index contributed by atoms with van der Waals surface area (Å²) >= 11 is 0. The first-order chi connectivity index (χ1) is 11.4. The maximum Gasteiger partial charge on any atom is 0.335 e. The van der Waals surface area contributed by atoms with E-state index >= 15 is 0 Å². The van der Waals surface area contributed by atoms with Crippen LogP contribution in [-0.4, -0.2) is 59.0 Å². The number of hydrogen-bond donors (Lipinski definition) is 3. The van der Waals surface area contributed by atoms with E-state index in [0.29, 0.717) is 25.4 Å². The van der Waals surface area contributed by atoms with Gasteiger partial charge in [-0.15, -0.1) is 0 Å². The number of rotatable bonds is 9. The summed E-state index contributed by atoms with van der Waals surface area (Å²) < 4.78 is 38.0. The Labute approximate surface area is 141 Å². The lowest BCUT2D eigenvalue weighted by Gasteiger charge is -2.15. The molecule has 0 amide bonds. The molecule has 0 bridgehead atoms. The number of carboxylic acid groups (broad SMARTS) is 1. The Morgan fingerprint density at radius 2 is 2.25 bits per heavy atom. The summed E-state index contributed by atoms with van der Waals surface area (Å²) in [6.07, 6.45) is 1.56. The quantitative estimate of drug-likeness (QED) is 0.562. The number of aromatic carboxylic acids is 1. The van der Waals surface area contributed by atoms with E-state index in [1.165, 1.54) is 19.2 Å². The van der Waals surface area contributed by atoms with Gasteiger partial charge in [-0.25, -0.2) is 17.9 Å². The zero-order valence-electron chi connectivity index (χ0n) is 13.4. The van der Waals surface area contributed by atoms with E-state index in [4.69, 9.17) is 14.6 Å². The molecule has 24 heavy (non-hydrogen) atoms. The smallest absolute Gasteiger partial charge is 0.335 e.